The zero-order valence-corrected chi connectivity index (χ0v) is 25.2. The Kier molecular flexibility index (Phi) is 11.7. The van der Waals surface area contributed by atoms with E-state index in [0.717, 1.165) is 10.0 Å². The van der Waals surface area contributed by atoms with E-state index in [9.17, 15) is 9.59 Å². The lowest BCUT2D eigenvalue weighted by molar-refractivity contribution is -0.133. The van der Waals surface area contributed by atoms with E-state index >= 15 is 0 Å². The molecule has 3 aromatic carbocycles. The molecule has 0 saturated carbocycles. The van der Waals surface area contributed by atoms with Crippen molar-refractivity contribution in [3.8, 4) is 0 Å². The summed E-state index contributed by atoms with van der Waals surface area (Å²) in [5.74, 6) is -0.0361. The molecule has 1 saturated heterocycles. The fraction of sp³-hybridized carbons (Fsp3) is 0.303. The number of guanidine groups is 1. The van der Waals surface area contributed by atoms with Gasteiger partial charge in [0.05, 0.1) is 6.04 Å². The highest BCUT2D eigenvalue weighted by atomic mass is 79.9. The second kappa shape index (κ2) is 15.9. The molecule has 1 heterocycles. The van der Waals surface area contributed by atoms with E-state index in [1.165, 1.54) is 17.2 Å². The molecule has 8 nitrogen and oxygen atoms in total. The second-order valence-electron chi connectivity index (χ2n) is 10.4. The third kappa shape index (κ3) is 9.56. The summed E-state index contributed by atoms with van der Waals surface area (Å²) in [4.78, 5) is 32.6. The van der Waals surface area contributed by atoms with Crippen molar-refractivity contribution >= 4 is 39.8 Å². The molecule has 2 unspecified atom stereocenters. The molecular weight excluding hydrogens is 592 g/mol. The lowest BCUT2D eigenvalue weighted by atomic mass is 9.90. The van der Waals surface area contributed by atoms with Gasteiger partial charge < -0.3 is 27.0 Å². The number of hydrogen-bond acceptors (Lipinski definition) is 4. The van der Waals surface area contributed by atoms with Crippen LogP contribution < -0.4 is 22.1 Å². The molecule has 0 spiro atoms. The van der Waals surface area contributed by atoms with Crippen LogP contribution >= 0.6 is 15.9 Å². The van der Waals surface area contributed by atoms with E-state index in [0.29, 0.717) is 45.4 Å². The van der Waals surface area contributed by atoms with Gasteiger partial charge in [-0.15, -0.1) is 0 Å². The lowest BCUT2D eigenvalue weighted by Gasteiger charge is -2.29. The Balaban J connectivity index is 1.46. The smallest absolute Gasteiger partial charge is 0.244 e. The number of halogens is 1. The number of nitrogens with two attached hydrogens (primary N) is 2. The normalized spacial score (nSPS) is 17.3. The van der Waals surface area contributed by atoms with Crippen molar-refractivity contribution in [3.63, 3.8) is 0 Å². The average Bonchev–Trinajstić information content (AvgIpc) is 3.15. The molecular formula is C33H39BrN6O2. The molecule has 3 aromatic rings. The third-order valence-corrected chi connectivity index (χ3v) is 7.89. The van der Waals surface area contributed by atoms with Gasteiger partial charge in [-0.25, -0.2) is 0 Å². The second-order valence-corrected chi connectivity index (χ2v) is 11.4. The lowest BCUT2D eigenvalue weighted by Crippen LogP contribution is -2.49. The fourth-order valence-electron chi connectivity index (χ4n) is 5.16. The first kappa shape index (κ1) is 31.0. The molecule has 0 bridgehead atoms. The first-order chi connectivity index (χ1) is 20.4. The van der Waals surface area contributed by atoms with E-state index in [1.54, 1.807) is 6.08 Å². The number of hydrogen-bond donors (Lipinski definition) is 4. The largest absolute Gasteiger partial charge is 0.370 e. The minimum absolute atomic E-state index is 0.0404. The molecule has 4 rings (SSSR count). The number of amides is 2. The van der Waals surface area contributed by atoms with Crippen LogP contribution in [0, 0.1) is 0 Å². The maximum absolute atomic E-state index is 13.9. The zero-order valence-electron chi connectivity index (χ0n) is 23.7. The standard InChI is InChI=1S/C33H39BrN6O2/c34-27-16-13-24(14-17-27)15-18-31(41)38-22-28-19-21-40(32(42)30(39-28)12-7-20-37-33(35)36)23-29(25-8-3-1-4-9-25)26-10-5-2-6-11-26/h1-6,8-11,13-18,28-30,39H,7,12,19-23H2,(H,38,41)(H4,35,36,37)/b18-15+. The van der Waals surface area contributed by atoms with Crippen molar-refractivity contribution in [1.29, 1.82) is 0 Å². The highest BCUT2D eigenvalue weighted by Gasteiger charge is 2.32. The Hall–Kier alpha value is -3.95. The van der Waals surface area contributed by atoms with Crippen LogP contribution in [0.5, 0.6) is 0 Å². The predicted octanol–water partition coefficient (Wildman–Crippen LogP) is 4.02. The minimum Gasteiger partial charge on any atom is -0.370 e. The van der Waals surface area contributed by atoms with Crippen molar-refractivity contribution in [2.75, 3.05) is 26.2 Å². The van der Waals surface area contributed by atoms with E-state index in [4.69, 9.17) is 11.5 Å². The fourth-order valence-corrected chi connectivity index (χ4v) is 5.42. The van der Waals surface area contributed by atoms with Crippen molar-refractivity contribution in [1.82, 2.24) is 15.5 Å². The molecule has 0 aromatic heterocycles. The van der Waals surface area contributed by atoms with Gasteiger partial charge in [0.15, 0.2) is 5.96 Å². The van der Waals surface area contributed by atoms with Crippen LogP contribution in [0.2, 0.25) is 0 Å². The Labute approximate surface area is 256 Å². The summed E-state index contributed by atoms with van der Waals surface area (Å²) in [6, 6.07) is 27.9. The highest BCUT2D eigenvalue weighted by molar-refractivity contribution is 9.10. The van der Waals surface area contributed by atoms with Crippen molar-refractivity contribution in [2.45, 2.75) is 37.3 Å². The summed E-state index contributed by atoms with van der Waals surface area (Å²) >= 11 is 3.42. The van der Waals surface area contributed by atoms with Gasteiger partial charge in [0, 0.05) is 48.7 Å². The quantitative estimate of drug-likeness (QED) is 0.104. The molecule has 9 heteroatoms. The SMILES string of the molecule is NC(N)=NCCCC1NC(CNC(=O)/C=C/c2ccc(Br)cc2)CCN(CC(c2ccccc2)c2ccccc2)C1=O. The van der Waals surface area contributed by atoms with E-state index in [-0.39, 0.29) is 29.7 Å². The van der Waals surface area contributed by atoms with Crippen LogP contribution in [0.15, 0.2) is 100 Å². The topological polar surface area (TPSA) is 126 Å². The van der Waals surface area contributed by atoms with Crippen LogP contribution in [0.1, 0.15) is 41.9 Å². The molecule has 220 valence electrons. The summed E-state index contributed by atoms with van der Waals surface area (Å²) in [7, 11) is 0. The van der Waals surface area contributed by atoms with E-state index < -0.39 is 6.04 Å². The Bertz CT molecular complexity index is 1300. The zero-order chi connectivity index (χ0) is 29.7. The maximum atomic E-state index is 13.9. The molecule has 2 atom stereocenters. The first-order valence-corrected chi connectivity index (χ1v) is 15.1. The van der Waals surface area contributed by atoms with Gasteiger partial charge in [-0.1, -0.05) is 88.7 Å². The molecule has 1 aliphatic heterocycles. The van der Waals surface area contributed by atoms with Crippen LogP contribution in [0.25, 0.3) is 6.08 Å². The van der Waals surface area contributed by atoms with Crippen LogP contribution in [-0.4, -0.2) is 60.9 Å². The number of nitrogens with zero attached hydrogens (tertiary/aromatic N) is 2. The molecule has 0 radical (unpaired) electrons. The number of carbonyl (C=O) groups is 2. The molecule has 1 aliphatic rings. The third-order valence-electron chi connectivity index (χ3n) is 7.37. The number of benzene rings is 3. The van der Waals surface area contributed by atoms with Crippen molar-refractivity contribution < 1.29 is 9.59 Å². The van der Waals surface area contributed by atoms with Crippen LogP contribution in [0.4, 0.5) is 0 Å². The molecule has 6 N–H and O–H groups in total. The molecule has 2 amide bonds. The van der Waals surface area contributed by atoms with Gasteiger partial charge in [-0.2, -0.15) is 0 Å². The first-order valence-electron chi connectivity index (χ1n) is 14.3. The van der Waals surface area contributed by atoms with Crippen molar-refractivity contribution in [3.05, 3.63) is 112 Å². The van der Waals surface area contributed by atoms with Gasteiger partial charge in [-0.05, 0) is 54.2 Å². The summed E-state index contributed by atoms with van der Waals surface area (Å²) in [5, 5.41) is 6.53. The molecule has 0 aliphatic carbocycles. The summed E-state index contributed by atoms with van der Waals surface area (Å²) in [6.07, 6.45) is 5.28. The maximum Gasteiger partial charge on any atom is 0.244 e. The van der Waals surface area contributed by atoms with Gasteiger partial charge in [0.1, 0.15) is 0 Å². The molecule has 1 fully saturated rings. The van der Waals surface area contributed by atoms with Crippen LogP contribution in [0.3, 0.4) is 0 Å². The average molecular weight is 632 g/mol. The van der Waals surface area contributed by atoms with Crippen molar-refractivity contribution in [2.24, 2.45) is 16.5 Å². The number of aliphatic imine (C=N–C) groups is 1. The predicted molar refractivity (Wildman–Crippen MR) is 173 cm³/mol. The monoisotopic (exact) mass is 630 g/mol. The Morgan fingerprint density at radius 2 is 1.67 bits per heavy atom. The van der Waals surface area contributed by atoms with E-state index in [1.807, 2.05) is 65.6 Å². The van der Waals surface area contributed by atoms with Gasteiger partial charge in [-0.3, -0.25) is 14.6 Å². The minimum atomic E-state index is -0.408. The van der Waals surface area contributed by atoms with Crippen LogP contribution in [-0.2, 0) is 9.59 Å². The van der Waals surface area contributed by atoms with Gasteiger partial charge in [0.2, 0.25) is 11.8 Å². The van der Waals surface area contributed by atoms with E-state index in [2.05, 4.69) is 55.8 Å². The summed E-state index contributed by atoms with van der Waals surface area (Å²) in [6.45, 7) is 2.01. The Morgan fingerprint density at radius 1 is 1.02 bits per heavy atom. The summed E-state index contributed by atoms with van der Waals surface area (Å²) in [5.41, 5.74) is 14.3. The van der Waals surface area contributed by atoms with Gasteiger partial charge in [0.25, 0.3) is 0 Å². The number of rotatable bonds is 12. The Morgan fingerprint density at radius 3 is 2.29 bits per heavy atom. The highest BCUT2D eigenvalue weighted by Crippen LogP contribution is 2.27. The number of nitrogens with one attached hydrogen (secondary N) is 2. The van der Waals surface area contributed by atoms with Gasteiger partial charge >= 0.3 is 0 Å². The summed E-state index contributed by atoms with van der Waals surface area (Å²) < 4.78 is 0.985. The molecule has 42 heavy (non-hydrogen) atoms. The number of carbonyl (C=O) groups excluding carboxylic acids is 2.